The SMILES string of the molecule is COc1cc(CNc2ccc(C(C)=O)cc2[N+](=O)[O-])ccc1OC(F)F. The van der Waals surface area contributed by atoms with Gasteiger partial charge in [-0.25, -0.2) is 0 Å². The van der Waals surface area contributed by atoms with Crippen molar-refractivity contribution in [2.75, 3.05) is 12.4 Å². The molecule has 0 spiro atoms. The minimum atomic E-state index is -2.98. The van der Waals surface area contributed by atoms with E-state index < -0.39 is 11.5 Å². The maximum absolute atomic E-state index is 12.3. The zero-order chi connectivity index (χ0) is 19.3. The number of ether oxygens (including phenoxy) is 2. The van der Waals surface area contributed by atoms with Gasteiger partial charge in [0.15, 0.2) is 17.3 Å². The quantitative estimate of drug-likeness (QED) is 0.431. The van der Waals surface area contributed by atoms with Gasteiger partial charge in [0.05, 0.1) is 12.0 Å². The summed E-state index contributed by atoms with van der Waals surface area (Å²) in [6, 6.07) is 8.47. The molecule has 0 aliphatic carbocycles. The Bertz CT molecular complexity index is 827. The fraction of sp³-hybridized carbons (Fsp3) is 0.235. The van der Waals surface area contributed by atoms with Crippen LogP contribution in [0.1, 0.15) is 22.8 Å². The highest BCUT2D eigenvalue weighted by atomic mass is 19.3. The molecule has 7 nitrogen and oxygen atoms in total. The number of halogens is 2. The van der Waals surface area contributed by atoms with Gasteiger partial charge in [0, 0.05) is 18.2 Å². The Morgan fingerprint density at radius 3 is 2.54 bits per heavy atom. The van der Waals surface area contributed by atoms with E-state index in [1.165, 1.54) is 50.4 Å². The number of benzene rings is 2. The molecule has 0 saturated heterocycles. The predicted molar refractivity (Wildman–Crippen MR) is 90.1 cm³/mol. The maximum Gasteiger partial charge on any atom is 0.387 e. The first-order chi connectivity index (χ1) is 12.3. The molecule has 0 aliphatic heterocycles. The van der Waals surface area contributed by atoms with Gasteiger partial charge in [0.25, 0.3) is 5.69 Å². The zero-order valence-corrected chi connectivity index (χ0v) is 14.0. The van der Waals surface area contributed by atoms with E-state index in [2.05, 4.69) is 10.1 Å². The number of alkyl halides is 2. The average molecular weight is 366 g/mol. The monoisotopic (exact) mass is 366 g/mol. The molecular formula is C17H16F2N2O5. The van der Waals surface area contributed by atoms with Crippen LogP contribution in [-0.4, -0.2) is 24.4 Å². The number of nitro groups is 1. The molecular weight excluding hydrogens is 350 g/mol. The highest BCUT2D eigenvalue weighted by Crippen LogP contribution is 2.31. The van der Waals surface area contributed by atoms with Crippen molar-refractivity contribution >= 4 is 17.2 Å². The van der Waals surface area contributed by atoms with Crippen LogP contribution in [0.3, 0.4) is 0 Å². The summed E-state index contributed by atoms with van der Waals surface area (Å²) in [5, 5.41) is 14.1. The van der Waals surface area contributed by atoms with Crippen molar-refractivity contribution in [1.82, 2.24) is 0 Å². The molecule has 0 heterocycles. The van der Waals surface area contributed by atoms with Crippen molar-refractivity contribution in [2.24, 2.45) is 0 Å². The Labute approximate surface area is 147 Å². The highest BCUT2D eigenvalue weighted by molar-refractivity contribution is 5.95. The second-order valence-corrected chi connectivity index (χ2v) is 5.26. The van der Waals surface area contributed by atoms with Crippen LogP contribution in [0.4, 0.5) is 20.2 Å². The summed E-state index contributed by atoms with van der Waals surface area (Å²) < 4.78 is 34.0. The van der Waals surface area contributed by atoms with Crippen molar-refractivity contribution in [3.8, 4) is 11.5 Å². The molecule has 0 radical (unpaired) electrons. The normalized spacial score (nSPS) is 10.5. The largest absolute Gasteiger partial charge is 0.493 e. The number of ketones is 1. The first-order valence-corrected chi connectivity index (χ1v) is 7.46. The van der Waals surface area contributed by atoms with E-state index >= 15 is 0 Å². The summed E-state index contributed by atoms with van der Waals surface area (Å²) in [5.41, 5.74) is 0.861. The fourth-order valence-corrected chi connectivity index (χ4v) is 2.26. The van der Waals surface area contributed by atoms with E-state index in [1.807, 2.05) is 0 Å². The van der Waals surface area contributed by atoms with Crippen molar-refractivity contribution in [2.45, 2.75) is 20.1 Å². The number of nitro benzene ring substituents is 1. The number of rotatable bonds is 8. The summed E-state index contributed by atoms with van der Waals surface area (Å²) in [6.07, 6.45) is 0. The molecule has 0 bridgehead atoms. The van der Waals surface area contributed by atoms with Crippen LogP contribution in [0.2, 0.25) is 0 Å². The number of Topliss-reactive ketones (excluding diaryl/α,β-unsaturated/α-hetero) is 1. The van der Waals surface area contributed by atoms with E-state index in [0.29, 0.717) is 5.56 Å². The van der Waals surface area contributed by atoms with Crippen LogP contribution in [0.5, 0.6) is 11.5 Å². The van der Waals surface area contributed by atoms with Gasteiger partial charge in [0.1, 0.15) is 5.69 Å². The lowest BCUT2D eigenvalue weighted by Gasteiger charge is -2.12. The lowest BCUT2D eigenvalue weighted by molar-refractivity contribution is -0.384. The summed E-state index contributed by atoms with van der Waals surface area (Å²) in [6.45, 7) is -1.48. The number of hydrogen-bond donors (Lipinski definition) is 1. The third kappa shape index (κ3) is 4.65. The lowest BCUT2D eigenvalue weighted by atomic mass is 10.1. The number of methoxy groups -OCH3 is 1. The molecule has 0 aliphatic rings. The molecule has 0 aromatic heterocycles. The molecule has 0 atom stereocenters. The molecule has 26 heavy (non-hydrogen) atoms. The average Bonchev–Trinajstić information content (AvgIpc) is 2.60. The summed E-state index contributed by atoms with van der Waals surface area (Å²) in [4.78, 5) is 22.0. The molecule has 0 fully saturated rings. The standard InChI is InChI=1S/C17H16F2N2O5/c1-10(22)12-4-5-13(14(8-12)21(23)24)20-9-11-3-6-15(26-17(18)19)16(7-11)25-2/h3-8,17,20H,9H2,1-2H3. The molecule has 0 amide bonds. The van der Waals surface area contributed by atoms with Gasteiger partial charge in [0.2, 0.25) is 0 Å². The molecule has 138 valence electrons. The molecule has 0 unspecified atom stereocenters. The zero-order valence-electron chi connectivity index (χ0n) is 14.0. The van der Waals surface area contributed by atoms with E-state index in [-0.39, 0.29) is 40.8 Å². The van der Waals surface area contributed by atoms with Crippen molar-refractivity contribution in [1.29, 1.82) is 0 Å². The van der Waals surface area contributed by atoms with E-state index in [4.69, 9.17) is 4.74 Å². The van der Waals surface area contributed by atoms with Crippen LogP contribution in [0.25, 0.3) is 0 Å². The number of nitrogens with zero attached hydrogens (tertiary/aromatic N) is 1. The molecule has 1 N–H and O–H groups in total. The van der Waals surface area contributed by atoms with Gasteiger partial charge in [-0.15, -0.1) is 0 Å². The van der Waals surface area contributed by atoms with Crippen molar-refractivity contribution in [3.05, 3.63) is 57.6 Å². The van der Waals surface area contributed by atoms with Gasteiger partial charge in [-0.05, 0) is 36.8 Å². The lowest BCUT2D eigenvalue weighted by Crippen LogP contribution is -2.06. The number of carbonyl (C=O) groups is 1. The summed E-state index contributed by atoms with van der Waals surface area (Å²) in [5.74, 6) is -0.270. The van der Waals surface area contributed by atoms with Gasteiger partial charge in [-0.1, -0.05) is 6.07 Å². The maximum atomic E-state index is 12.3. The summed E-state index contributed by atoms with van der Waals surface area (Å²) in [7, 11) is 1.32. The topological polar surface area (TPSA) is 90.7 Å². The van der Waals surface area contributed by atoms with Crippen LogP contribution < -0.4 is 14.8 Å². The van der Waals surface area contributed by atoms with Crippen molar-refractivity contribution < 1.29 is 28.0 Å². The number of anilines is 1. The first kappa shape index (κ1) is 19.1. The Morgan fingerprint density at radius 2 is 1.96 bits per heavy atom. The van der Waals surface area contributed by atoms with Gasteiger partial charge >= 0.3 is 6.61 Å². The first-order valence-electron chi connectivity index (χ1n) is 7.46. The van der Waals surface area contributed by atoms with E-state index in [0.717, 1.165) is 0 Å². The third-order valence-electron chi connectivity index (χ3n) is 3.53. The molecule has 2 aromatic carbocycles. The molecule has 0 saturated carbocycles. The third-order valence-corrected chi connectivity index (χ3v) is 3.53. The number of hydrogen-bond acceptors (Lipinski definition) is 6. The number of nitrogens with one attached hydrogen (secondary N) is 1. The fourth-order valence-electron chi connectivity index (χ4n) is 2.26. The molecule has 2 rings (SSSR count). The molecule has 2 aromatic rings. The van der Waals surface area contributed by atoms with Gasteiger partial charge < -0.3 is 14.8 Å². The summed E-state index contributed by atoms with van der Waals surface area (Å²) >= 11 is 0. The van der Waals surface area contributed by atoms with E-state index in [1.54, 1.807) is 0 Å². The highest BCUT2D eigenvalue weighted by Gasteiger charge is 2.16. The Hall–Kier alpha value is -3.23. The van der Waals surface area contributed by atoms with Crippen LogP contribution in [0, 0.1) is 10.1 Å². The van der Waals surface area contributed by atoms with Crippen molar-refractivity contribution in [3.63, 3.8) is 0 Å². The Morgan fingerprint density at radius 1 is 1.23 bits per heavy atom. The minimum absolute atomic E-state index is 0.108. The Balaban J connectivity index is 2.20. The van der Waals surface area contributed by atoms with Crippen LogP contribution >= 0.6 is 0 Å². The van der Waals surface area contributed by atoms with E-state index in [9.17, 15) is 23.7 Å². The van der Waals surface area contributed by atoms with Gasteiger partial charge in [-0.2, -0.15) is 8.78 Å². The Kier molecular flexibility index (Phi) is 6.05. The predicted octanol–water partition coefficient (Wildman–Crippen LogP) is 4.02. The van der Waals surface area contributed by atoms with Gasteiger partial charge in [-0.3, -0.25) is 14.9 Å². The molecule has 9 heteroatoms. The number of carbonyl (C=O) groups excluding carboxylic acids is 1. The van der Waals surface area contributed by atoms with Crippen LogP contribution in [0.15, 0.2) is 36.4 Å². The second kappa shape index (κ2) is 8.24. The van der Waals surface area contributed by atoms with Crippen LogP contribution in [-0.2, 0) is 6.54 Å². The second-order valence-electron chi connectivity index (χ2n) is 5.26. The minimum Gasteiger partial charge on any atom is -0.493 e. The smallest absolute Gasteiger partial charge is 0.387 e.